The quantitative estimate of drug-likeness (QED) is 0.390. The van der Waals surface area contributed by atoms with E-state index in [1.165, 1.54) is 5.56 Å². The first-order valence-corrected chi connectivity index (χ1v) is 10.9. The second kappa shape index (κ2) is 7.56. The van der Waals surface area contributed by atoms with Gasteiger partial charge in [0.15, 0.2) is 11.0 Å². The Morgan fingerprint density at radius 1 is 1.11 bits per heavy atom. The molecule has 4 rings (SSSR count). The van der Waals surface area contributed by atoms with Crippen LogP contribution in [0.25, 0.3) is 22.2 Å². The van der Waals surface area contributed by atoms with E-state index in [4.69, 9.17) is 4.42 Å². The average molecular weight is 411 g/mol. The highest BCUT2D eigenvalue weighted by atomic mass is 32.2. The normalized spacial score (nSPS) is 11.9. The number of thiophene rings is 1. The molecule has 5 nitrogen and oxygen atoms in total. The minimum absolute atomic E-state index is 0.138. The molecule has 7 heteroatoms. The summed E-state index contributed by atoms with van der Waals surface area (Å²) in [5.41, 5.74) is 3.41. The smallest absolute Gasteiger partial charge is 0.236 e. The Kier molecular flexibility index (Phi) is 5.12. The summed E-state index contributed by atoms with van der Waals surface area (Å²) in [5.74, 6) is 2.22. The third-order valence-electron chi connectivity index (χ3n) is 4.48. The van der Waals surface area contributed by atoms with Gasteiger partial charge >= 0.3 is 0 Å². The SMILES string of the molecule is Cn1c(SCc2coc(-c3cccs3)n2)nnc1-c1ccc(C(C)(C)C)cc1. The Hall–Kier alpha value is -2.38. The maximum Gasteiger partial charge on any atom is 0.236 e. The summed E-state index contributed by atoms with van der Waals surface area (Å²) < 4.78 is 7.61. The molecule has 0 aliphatic heterocycles. The van der Waals surface area contributed by atoms with Crippen molar-refractivity contribution in [3.8, 4) is 22.2 Å². The zero-order valence-corrected chi connectivity index (χ0v) is 18.0. The largest absolute Gasteiger partial charge is 0.444 e. The molecule has 0 amide bonds. The van der Waals surface area contributed by atoms with Crippen molar-refractivity contribution in [2.75, 3.05) is 0 Å². The number of thioether (sulfide) groups is 1. The van der Waals surface area contributed by atoms with Gasteiger partial charge < -0.3 is 8.98 Å². The lowest BCUT2D eigenvalue weighted by Gasteiger charge is -2.19. The first-order chi connectivity index (χ1) is 13.4. The molecular weight excluding hydrogens is 388 g/mol. The van der Waals surface area contributed by atoms with Crippen molar-refractivity contribution in [3.05, 3.63) is 59.3 Å². The second-order valence-electron chi connectivity index (χ2n) is 7.60. The summed E-state index contributed by atoms with van der Waals surface area (Å²) in [6, 6.07) is 12.6. The summed E-state index contributed by atoms with van der Waals surface area (Å²) in [7, 11) is 2.00. The minimum Gasteiger partial charge on any atom is -0.444 e. The van der Waals surface area contributed by atoms with Crippen molar-refractivity contribution in [1.29, 1.82) is 0 Å². The van der Waals surface area contributed by atoms with Gasteiger partial charge in [0.05, 0.1) is 10.6 Å². The maximum absolute atomic E-state index is 5.58. The Bertz CT molecular complexity index is 1060. The molecule has 0 saturated heterocycles. The molecule has 0 aliphatic carbocycles. The zero-order chi connectivity index (χ0) is 19.7. The predicted molar refractivity (Wildman–Crippen MR) is 115 cm³/mol. The topological polar surface area (TPSA) is 56.7 Å². The summed E-state index contributed by atoms with van der Waals surface area (Å²) in [6.45, 7) is 6.65. The van der Waals surface area contributed by atoms with E-state index >= 15 is 0 Å². The van der Waals surface area contributed by atoms with E-state index in [1.807, 2.05) is 29.1 Å². The predicted octanol–water partition coefficient (Wildman–Crippen LogP) is 5.79. The Balaban J connectivity index is 1.47. The molecule has 0 atom stereocenters. The van der Waals surface area contributed by atoms with Crippen LogP contribution in [0.1, 0.15) is 32.0 Å². The highest BCUT2D eigenvalue weighted by molar-refractivity contribution is 7.98. The van der Waals surface area contributed by atoms with Crippen LogP contribution in [0.2, 0.25) is 0 Å². The number of rotatable bonds is 5. The number of oxazole rings is 1. The molecule has 3 aromatic heterocycles. The zero-order valence-electron chi connectivity index (χ0n) is 16.3. The van der Waals surface area contributed by atoms with Crippen LogP contribution < -0.4 is 0 Å². The molecule has 4 aromatic rings. The molecule has 0 bridgehead atoms. The van der Waals surface area contributed by atoms with Gasteiger partial charge in [-0.05, 0) is 22.4 Å². The van der Waals surface area contributed by atoms with Crippen molar-refractivity contribution in [1.82, 2.24) is 19.7 Å². The molecule has 1 aromatic carbocycles. The standard InChI is InChI=1S/C21H22N4OS2/c1-21(2,3)15-9-7-14(8-10-15)18-23-24-20(25(18)4)28-13-16-12-26-19(22-16)17-6-5-11-27-17/h5-12H,13H2,1-4H3. The maximum atomic E-state index is 5.58. The summed E-state index contributed by atoms with van der Waals surface area (Å²) >= 11 is 3.22. The van der Waals surface area contributed by atoms with Crippen LogP contribution >= 0.6 is 23.1 Å². The van der Waals surface area contributed by atoms with E-state index in [-0.39, 0.29) is 5.41 Å². The van der Waals surface area contributed by atoms with E-state index in [2.05, 4.69) is 60.2 Å². The van der Waals surface area contributed by atoms with Gasteiger partial charge in [-0.1, -0.05) is 62.9 Å². The molecular formula is C21H22N4OS2. The molecule has 144 valence electrons. The van der Waals surface area contributed by atoms with Gasteiger partial charge in [-0.15, -0.1) is 21.5 Å². The van der Waals surface area contributed by atoms with Gasteiger partial charge in [0.25, 0.3) is 0 Å². The van der Waals surface area contributed by atoms with Crippen molar-refractivity contribution in [2.24, 2.45) is 7.05 Å². The first kappa shape index (κ1) is 19.0. The fourth-order valence-corrected chi connectivity index (χ4v) is 4.28. The lowest BCUT2D eigenvalue weighted by Crippen LogP contribution is -2.10. The lowest BCUT2D eigenvalue weighted by molar-refractivity contribution is 0.575. The second-order valence-corrected chi connectivity index (χ2v) is 9.49. The lowest BCUT2D eigenvalue weighted by atomic mass is 9.87. The van der Waals surface area contributed by atoms with Crippen LogP contribution in [0.3, 0.4) is 0 Å². The molecule has 0 spiro atoms. The molecule has 0 N–H and O–H groups in total. The molecule has 0 radical (unpaired) electrons. The van der Waals surface area contributed by atoms with Gasteiger partial charge in [-0.2, -0.15) is 0 Å². The van der Waals surface area contributed by atoms with Gasteiger partial charge in [0, 0.05) is 18.4 Å². The van der Waals surface area contributed by atoms with E-state index < -0.39 is 0 Å². The molecule has 0 unspecified atom stereocenters. The van der Waals surface area contributed by atoms with Crippen LogP contribution in [0.4, 0.5) is 0 Å². The number of nitrogens with zero attached hydrogens (tertiary/aromatic N) is 4. The van der Waals surface area contributed by atoms with Crippen LogP contribution in [-0.2, 0) is 18.2 Å². The monoisotopic (exact) mass is 410 g/mol. The first-order valence-electron chi connectivity index (χ1n) is 9.03. The summed E-state index contributed by atoms with van der Waals surface area (Å²) in [5, 5.41) is 11.6. The van der Waals surface area contributed by atoms with Crippen LogP contribution in [-0.4, -0.2) is 19.7 Å². The summed E-state index contributed by atoms with van der Waals surface area (Å²) in [6.07, 6.45) is 1.71. The molecule has 28 heavy (non-hydrogen) atoms. The van der Waals surface area contributed by atoms with Gasteiger partial charge in [0.2, 0.25) is 5.89 Å². The Morgan fingerprint density at radius 3 is 2.57 bits per heavy atom. The number of hydrogen-bond donors (Lipinski definition) is 0. The van der Waals surface area contributed by atoms with E-state index in [0.29, 0.717) is 11.6 Å². The average Bonchev–Trinajstić information content (AvgIpc) is 3.40. The van der Waals surface area contributed by atoms with Gasteiger partial charge in [0.1, 0.15) is 6.26 Å². The van der Waals surface area contributed by atoms with Crippen LogP contribution in [0.5, 0.6) is 0 Å². The molecule has 0 aliphatic rings. The molecule has 0 fully saturated rings. The summed E-state index contributed by atoms with van der Waals surface area (Å²) in [4.78, 5) is 5.60. The molecule has 0 saturated carbocycles. The number of benzene rings is 1. The van der Waals surface area contributed by atoms with E-state index in [1.54, 1.807) is 29.4 Å². The molecule has 3 heterocycles. The Morgan fingerprint density at radius 2 is 1.89 bits per heavy atom. The van der Waals surface area contributed by atoms with Crippen molar-refractivity contribution in [3.63, 3.8) is 0 Å². The van der Waals surface area contributed by atoms with E-state index in [0.717, 1.165) is 27.1 Å². The number of aromatic nitrogens is 4. The van der Waals surface area contributed by atoms with Crippen molar-refractivity contribution < 1.29 is 4.42 Å². The van der Waals surface area contributed by atoms with Gasteiger partial charge in [-0.3, -0.25) is 0 Å². The minimum atomic E-state index is 0.138. The third kappa shape index (κ3) is 3.91. The highest BCUT2D eigenvalue weighted by Crippen LogP contribution is 2.29. The van der Waals surface area contributed by atoms with Crippen LogP contribution in [0, 0.1) is 0 Å². The fraction of sp³-hybridized carbons (Fsp3) is 0.286. The van der Waals surface area contributed by atoms with E-state index in [9.17, 15) is 0 Å². The van der Waals surface area contributed by atoms with Gasteiger partial charge in [-0.25, -0.2) is 4.98 Å². The van der Waals surface area contributed by atoms with Crippen molar-refractivity contribution >= 4 is 23.1 Å². The Labute approximate surface area is 172 Å². The fourth-order valence-electron chi connectivity index (χ4n) is 2.84. The third-order valence-corrected chi connectivity index (χ3v) is 6.39. The number of hydrogen-bond acceptors (Lipinski definition) is 6. The van der Waals surface area contributed by atoms with Crippen molar-refractivity contribution in [2.45, 2.75) is 37.1 Å². The van der Waals surface area contributed by atoms with Crippen LogP contribution in [0.15, 0.2) is 57.6 Å². The highest BCUT2D eigenvalue weighted by Gasteiger charge is 2.16.